The molecule has 1 rings (SSSR count). The molecule has 0 aromatic rings. The van der Waals surface area contributed by atoms with Crippen molar-refractivity contribution in [2.75, 3.05) is 0 Å². The number of allylic oxidation sites excluding steroid dienone is 2. The topological polar surface area (TPSA) is 0 Å². The summed E-state index contributed by atoms with van der Waals surface area (Å²) in [4.78, 5) is 0. The van der Waals surface area contributed by atoms with Crippen molar-refractivity contribution in [1.29, 1.82) is 0 Å². The van der Waals surface area contributed by atoms with Gasteiger partial charge in [0.25, 0.3) is 0 Å². The second-order valence-corrected chi connectivity index (χ2v) is 1.81. The van der Waals surface area contributed by atoms with Crippen molar-refractivity contribution in [3.8, 4) is 0 Å². The fourth-order valence-corrected chi connectivity index (χ4v) is 0.515. The minimum absolute atomic E-state index is 0.170. The lowest BCUT2D eigenvalue weighted by molar-refractivity contribution is -0.164. The lowest BCUT2D eigenvalue weighted by Gasteiger charge is -2.20. The molecule has 0 nitrogen and oxygen atoms in total. The van der Waals surface area contributed by atoms with Crippen LogP contribution < -0.4 is 0 Å². The smallest absolute Gasteiger partial charge is 0.170 e. The Bertz CT molecular complexity index is 111. The van der Waals surface area contributed by atoms with Crippen LogP contribution in [0.1, 0.15) is 6.42 Å². The molecule has 0 spiro atoms. The molecule has 0 N–H and O–H groups in total. The molecule has 0 aromatic heterocycles. The van der Waals surface area contributed by atoms with E-state index in [2.05, 4.69) is 0 Å². The first-order valence-electron chi connectivity index (χ1n) is 2.34. The van der Waals surface area contributed by atoms with Crippen LogP contribution in [0.2, 0.25) is 0 Å². The van der Waals surface area contributed by atoms with Crippen LogP contribution in [0.4, 0.5) is 13.2 Å². The summed E-state index contributed by atoms with van der Waals surface area (Å²) in [5.41, 5.74) is 0. The molecule has 0 saturated heterocycles. The molecule has 1 aliphatic rings. The molecule has 46 valence electrons. The van der Waals surface area contributed by atoms with E-state index in [-0.39, 0.29) is 6.42 Å². The Morgan fingerprint density at radius 3 is 1.88 bits per heavy atom. The van der Waals surface area contributed by atoms with E-state index in [1.807, 2.05) is 0 Å². The van der Waals surface area contributed by atoms with Crippen LogP contribution in [-0.2, 0) is 0 Å². The maximum atomic E-state index is 11.4. The quantitative estimate of drug-likeness (QED) is 0.432. The van der Waals surface area contributed by atoms with Gasteiger partial charge in [-0.05, 0) is 6.42 Å². The zero-order valence-corrected chi connectivity index (χ0v) is 4.07. The van der Waals surface area contributed by atoms with Crippen LogP contribution in [0.25, 0.3) is 0 Å². The van der Waals surface area contributed by atoms with Gasteiger partial charge in [-0.15, -0.1) is 0 Å². The Hall–Kier alpha value is -0.470. The summed E-state index contributed by atoms with van der Waals surface area (Å²) in [5.74, 6) is -1.15. The van der Waals surface area contributed by atoms with Crippen molar-refractivity contribution in [3.05, 3.63) is 12.2 Å². The van der Waals surface area contributed by atoms with Crippen LogP contribution in [0, 0.1) is 5.92 Å². The molecule has 1 aliphatic carbocycles. The third-order valence-corrected chi connectivity index (χ3v) is 1.18. The largest absolute Gasteiger partial charge is 0.395 e. The van der Waals surface area contributed by atoms with Gasteiger partial charge < -0.3 is 0 Å². The second-order valence-electron chi connectivity index (χ2n) is 1.81. The van der Waals surface area contributed by atoms with E-state index in [9.17, 15) is 13.2 Å². The van der Waals surface area contributed by atoms with Gasteiger partial charge in [0.1, 0.15) is 0 Å². The highest BCUT2D eigenvalue weighted by Crippen LogP contribution is 2.34. The predicted molar refractivity (Wildman–Crippen MR) is 23.3 cm³/mol. The summed E-state index contributed by atoms with van der Waals surface area (Å²) < 4.78 is 34.3. The summed E-state index contributed by atoms with van der Waals surface area (Å²) in [6.45, 7) is 0. The van der Waals surface area contributed by atoms with Gasteiger partial charge in [0.2, 0.25) is 0 Å². The first kappa shape index (κ1) is 5.66. The van der Waals surface area contributed by atoms with Crippen molar-refractivity contribution >= 4 is 0 Å². The van der Waals surface area contributed by atoms with Crippen LogP contribution in [0.15, 0.2) is 12.2 Å². The molecule has 0 heterocycles. The van der Waals surface area contributed by atoms with Gasteiger partial charge in [0.05, 0.1) is 5.92 Å². The molecular formula is C5H5F3. The number of hydrogen-bond acceptors (Lipinski definition) is 0. The fraction of sp³-hybridized carbons (Fsp3) is 0.600. The van der Waals surface area contributed by atoms with Crippen molar-refractivity contribution in [1.82, 2.24) is 0 Å². The molecule has 0 aliphatic heterocycles. The molecule has 0 bridgehead atoms. The van der Waals surface area contributed by atoms with Gasteiger partial charge in [0.15, 0.2) is 0 Å². The molecule has 0 amide bonds. The van der Waals surface area contributed by atoms with Crippen LogP contribution >= 0.6 is 0 Å². The van der Waals surface area contributed by atoms with Crippen LogP contribution in [-0.4, -0.2) is 6.18 Å². The second kappa shape index (κ2) is 1.50. The summed E-state index contributed by atoms with van der Waals surface area (Å²) in [7, 11) is 0. The minimum atomic E-state index is -3.99. The summed E-state index contributed by atoms with van der Waals surface area (Å²) >= 11 is 0. The van der Waals surface area contributed by atoms with Crippen molar-refractivity contribution in [3.63, 3.8) is 0 Å². The third kappa shape index (κ3) is 0.854. The molecule has 8 heavy (non-hydrogen) atoms. The predicted octanol–water partition coefficient (Wildman–Crippen LogP) is 2.12. The van der Waals surface area contributed by atoms with Crippen molar-refractivity contribution in [2.24, 2.45) is 5.92 Å². The molecule has 0 fully saturated rings. The number of alkyl halides is 3. The van der Waals surface area contributed by atoms with Gasteiger partial charge in [-0.2, -0.15) is 13.2 Å². The molecule has 0 unspecified atom stereocenters. The van der Waals surface area contributed by atoms with Gasteiger partial charge in [0, 0.05) is 0 Å². The normalized spacial score (nSPS) is 27.6. The average Bonchev–Trinajstić information content (AvgIpc) is 1.16. The first-order valence-corrected chi connectivity index (χ1v) is 2.34. The maximum absolute atomic E-state index is 11.4. The zero-order chi connectivity index (χ0) is 6.20. The Morgan fingerprint density at radius 2 is 1.88 bits per heavy atom. The van der Waals surface area contributed by atoms with E-state index in [1.54, 1.807) is 0 Å². The zero-order valence-electron chi connectivity index (χ0n) is 4.07. The monoisotopic (exact) mass is 122 g/mol. The van der Waals surface area contributed by atoms with Crippen molar-refractivity contribution < 1.29 is 13.2 Å². The first-order chi connectivity index (χ1) is 3.61. The number of hydrogen-bond donors (Lipinski definition) is 0. The average molecular weight is 122 g/mol. The molecule has 0 radical (unpaired) electrons. The van der Waals surface area contributed by atoms with E-state index < -0.39 is 12.1 Å². The standard InChI is InChI=1S/C5H5F3/c6-5(7,8)4-2-1-3-4/h1-2,4H,3H2/t4-/m1/s1. The Balaban J connectivity index is 2.48. The summed E-state index contributed by atoms with van der Waals surface area (Å²) in [5, 5.41) is 0. The highest BCUT2D eigenvalue weighted by molar-refractivity contribution is 5.04. The molecule has 0 saturated carbocycles. The van der Waals surface area contributed by atoms with E-state index in [1.165, 1.54) is 12.2 Å². The van der Waals surface area contributed by atoms with Gasteiger partial charge >= 0.3 is 6.18 Å². The van der Waals surface area contributed by atoms with Gasteiger partial charge in [-0.25, -0.2) is 0 Å². The van der Waals surface area contributed by atoms with Gasteiger partial charge in [-0.3, -0.25) is 0 Å². The number of halogens is 3. The van der Waals surface area contributed by atoms with E-state index in [0.29, 0.717) is 0 Å². The lowest BCUT2D eigenvalue weighted by atomic mass is 9.95. The van der Waals surface area contributed by atoms with Crippen LogP contribution in [0.5, 0.6) is 0 Å². The maximum Gasteiger partial charge on any atom is 0.395 e. The molecule has 3 heteroatoms. The van der Waals surface area contributed by atoms with E-state index >= 15 is 0 Å². The molecular weight excluding hydrogens is 117 g/mol. The SMILES string of the molecule is FC(F)(F)[C@@H]1C=CC1. The molecule has 1 atom stereocenters. The minimum Gasteiger partial charge on any atom is -0.170 e. The van der Waals surface area contributed by atoms with Crippen LogP contribution in [0.3, 0.4) is 0 Å². The molecule has 0 aromatic carbocycles. The summed E-state index contributed by atoms with van der Waals surface area (Å²) in [6, 6.07) is 0. The Kier molecular flexibility index (Phi) is 1.06. The van der Waals surface area contributed by atoms with E-state index in [0.717, 1.165) is 0 Å². The van der Waals surface area contributed by atoms with Crippen molar-refractivity contribution in [2.45, 2.75) is 12.6 Å². The highest BCUT2D eigenvalue weighted by Gasteiger charge is 2.39. The highest BCUT2D eigenvalue weighted by atomic mass is 19.4. The Morgan fingerprint density at radius 1 is 1.38 bits per heavy atom. The fourth-order valence-electron chi connectivity index (χ4n) is 0.515. The van der Waals surface area contributed by atoms with Gasteiger partial charge in [-0.1, -0.05) is 12.2 Å². The summed E-state index contributed by atoms with van der Waals surface area (Å²) in [6.07, 6.45) is -1.11. The van der Waals surface area contributed by atoms with E-state index in [4.69, 9.17) is 0 Å². The lowest BCUT2D eigenvalue weighted by Crippen LogP contribution is -2.24. The number of rotatable bonds is 0. The third-order valence-electron chi connectivity index (χ3n) is 1.18. The Labute approximate surface area is 45.0 Å².